The summed E-state index contributed by atoms with van der Waals surface area (Å²) in [6, 6.07) is 4.72. The Morgan fingerprint density at radius 3 is 1.74 bits per heavy atom. The Labute approximate surface area is 135 Å². The molecule has 1 rings (SSSR count). The minimum atomic E-state index is -5.58. The van der Waals surface area contributed by atoms with Gasteiger partial charge in [-0.25, -0.2) is 12.8 Å². The number of hydrogen-bond acceptors (Lipinski definition) is 3. The fourth-order valence-corrected chi connectivity index (χ4v) is 2.95. The molecule has 0 N–H and O–H groups in total. The molecule has 0 aliphatic heterocycles. The van der Waals surface area contributed by atoms with E-state index in [1.807, 2.05) is 0 Å². The third kappa shape index (κ3) is 6.10. The van der Waals surface area contributed by atoms with Crippen molar-refractivity contribution in [1.82, 2.24) is 4.90 Å². The smallest absolute Gasteiger partial charge is 0.299 e. The Hall–Kier alpha value is -1.15. The predicted molar refractivity (Wildman–Crippen MR) is 82.3 cm³/mol. The quantitative estimate of drug-likeness (QED) is 0.756. The van der Waals surface area contributed by atoms with E-state index in [1.54, 1.807) is 0 Å². The SMILES string of the molecule is CCN(C(C)C)C(C)C.O=S(=O)(c1ccccc1F)C(F)(F)F. The third-order valence-electron chi connectivity index (χ3n) is 3.12. The first-order valence-corrected chi connectivity index (χ1v) is 8.66. The third-order valence-corrected chi connectivity index (χ3v) is 4.64. The lowest BCUT2D eigenvalue weighted by Gasteiger charge is -2.28. The molecule has 3 nitrogen and oxygen atoms in total. The summed E-state index contributed by atoms with van der Waals surface area (Å²) < 4.78 is 70.0. The van der Waals surface area contributed by atoms with Gasteiger partial charge in [0.1, 0.15) is 10.7 Å². The maximum absolute atomic E-state index is 12.7. The van der Waals surface area contributed by atoms with Gasteiger partial charge in [0.25, 0.3) is 9.84 Å². The van der Waals surface area contributed by atoms with E-state index in [1.165, 1.54) is 0 Å². The van der Waals surface area contributed by atoms with Crippen molar-refractivity contribution in [3.63, 3.8) is 0 Å². The molecule has 0 aliphatic carbocycles. The Morgan fingerprint density at radius 2 is 1.48 bits per heavy atom. The zero-order chi connectivity index (χ0) is 18.4. The highest BCUT2D eigenvalue weighted by Gasteiger charge is 2.48. The lowest BCUT2D eigenvalue weighted by Crippen LogP contribution is -2.36. The summed E-state index contributed by atoms with van der Waals surface area (Å²) in [5, 5.41) is 0. The molecular weight excluding hydrogens is 334 g/mol. The molecule has 8 heteroatoms. The minimum Gasteiger partial charge on any atom is -0.299 e. The molecule has 0 spiro atoms. The van der Waals surface area contributed by atoms with Crippen molar-refractivity contribution in [3.8, 4) is 0 Å². The number of benzene rings is 1. The van der Waals surface area contributed by atoms with Crippen LogP contribution in [0.3, 0.4) is 0 Å². The van der Waals surface area contributed by atoms with Gasteiger partial charge in [-0.1, -0.05) is 19.1 Å². The van der Waals surface area contributed by atoms with Crippen LogP contribution in [0.25, 0.3) is 0 Å². The van der Waals surface area contributed by atoms with Crippen LogP contribution in [0.1, 0.15) is 34.6 Å². The van der Waals surface area contributed by atoms with Crippen LogP contribution in [0.4, 0.5) is 17.6 Å². The van der Waals surface area contributed by atoms with Gasteiger partial charge in [0.15, 0.2) is 0 Å². The molecule has 0 fully saturated rings. The molecule has 1 aromatic carbocycles. The fraction of sp³-hybridized carbons (Fsp3) is 0.600. The van der Waals surface area contributed by atoms with Crippen LogP contribution in [-0.2, 0) is 9.84 Å². The molecule has 1 aromatic rings. The number of sulfone groups is 1. The highest BCUT2D eigenvalue weighted by atomic mass is 32.2. The number of hydrogen-bond donors (Lipinski definition) is 0. The second-order valence-electron chi connectivity index (χ2n) is 5.40. The van der Waals surface area contributed by atoms with Gasteiger partial charge >= 0.3 is 5.51 Å². The topological polar surface area (TPSA) is 37.4 Å². The number of nitrogens with zero attached hydrogens (tertiary/aromatic N) is 1. The van der Waals surface area contributed by atoms with Crippen molar-refractivity contribution in [3.05, 3.63) is 30.1 Å². The summed E-state index contributed by atoms with van der Waals surface area (Å²) in [6.45, 7) is 12.3. The van der Waals surface area contributed by atoms with Crippen molar-refractivity contribution in [2.75, 3.05) is 6.54 Å². The van der Waals surface area contributed by atoms with E-state index in [-0.39, 0.29) is 0 Å². The van der Waals surface area contributed by atoms with Crippen molar-refractivity contribution in [2.45, 2.75) is 57.1 Å². The summed E-state index contributed by atoms with van der Waals surface area (Å²) in [7, 11) is -5.58. The molecule has 0 aliphatic rings. The molecule has 0 heterocycles. The molecule has 0 amide bonds. The van der Waals surface area contributed by atoms with E-state index < -0.39 is 26.1 Å². The van der Waals surface area contributed by atoms with Crippen LogP contribution in [-0.4, -0.2) is 37.5 Å². The molecule has 0 aromatic heterocycles. The van der Waals surface area contributed by atoms with Crippen molar-refractivity contribution in [1.29, 1.82) is 0 Å². The molecule has 0 bridgehead atoms. The highest BCUT2D eigenvalue weighted by Crippen LogP contribution is 2.31. The van der Waals surface area contributed by atoms with E-state index in [9.17, 15) is 26.0 Å². The Bertz CT molecular complexity index is 575. The Morgan fingerprint density at radius 1 is 1.04 bits per heavy atom. The van der Waals surface area contributed by atoms with E-state index >= 15 is 0 Å². The van der Waals surface area contributed by atoms with Crippen molar-refractivity contribution < 1.29 is 26.0 Å². The molecule has 0 saturated heterocycles. The van der Waals surface area contributed by atoms with Crippen LogP contribution < -0.4 is 0 Å². The van der Waals surface area contributed by atoms with Gasteiger partial charge in [-0.15, -0.1) is 0 Å². The van der Waals surface area contributed by atoms with Crippen molar-refractivity contribution in [2.24, 2.45) is 0 Å². The summed E-state index contributed by atoms with van der Waals surface area (Å²) in [5.74, 6) is -1.41. The zero-order valence-electron chi connectivity index (χ0n) is 13.9. The zero-order valence-corrected chi connectivity index (χ0v) is 14.7. The fourth-order valence-electron chi connectivity index (χ4n) is 2.11. The molecule has 0 atom stereocenters. The first-order valence-electron chi connectivity index (χ1n) is 7.17. The number of rotatable bonds is 4. The molecule has 134 valence electrons. The predicted octanol–water partition coefficient (Wildman–Crippen LogP) is 4.24. The van der Waals surface area contributed by atoms with E-state index in [4.69, 9.17) is 0 Å². The molecule has 0 saturated carbocycles. The van der Waals surface area contributed by atoms with Crippen LogP contribution >= 0.6 is 0 Å². The van der Waals surface area contributed by atoms with Crippen molar-refractivity contribution >= 4 is 9.84 Å². The van der Waals surface area contributed by atoms with Crippen LogP contribution in [0.5, 0.6) is 0 Å². The molecule has 0 radical (unpaired) electrons. The Balaban J connectivity index is 0.000000468. The Kier molecular flexibility index (Phi) is 8.20. The van der Waals surface area contributed by atoms with Gasteiger partial charge in [-0.2, -0.15) is 13.2 Å². The summed E-state index contributed by atoms with van der Waals surface area (Å²) >= 11 is 0. The van der Waals surface area contributed by atoms with Gasteiger partial charge < -0.3 is 0 Å². The average molecular weight is 357 g/mol. The van der Waals surface area contributed by atoms with E-state index in [2.05, 4.69) is 39.5 Å². The monoisotopic (exact) mass is 357 g/mol. The maximum Gasteiger partial charge on any atom is 0.502 e. The maximum atomic E-state index is 12.7. The lowest BCUT2D eigenvalue weighted by atomic mass is 10.2. The van der Waals surface area contributed by atoms with E-state index in [0.717, 1.165) is 18.7 Å². The summed E-state index contributed by atoms with van der Waals surface area (Å²) in [5.41, 5.74) is -5.48. The lowest BCUT2D eigenvalue weighted by molar-refractivity contribution is -0.0437. The average Bonchev–Trinajstić information content (AvgIpc) is 2.38. The van der Waals surface area contributed by atoms with Gasteiger partial charge in [0.05, 0.1) is 0 Å². The molecule has 0 unspecified atom stereocenters. The van der Waals surface area contributed by atoms with E-state index in [0.29, 0.717) is 24.2 Å². The van der Waals surface area contributed by atoms with Gasteiger partial charge in [0.2, 0.25) is 0 Å². The van der Waals surface area contributed by atoms with Crippen LogP contribution in [0, 0.1) is 5.82 Å². The normalized spacial score (nSPS) is 12.5. The first-order chi connectivity index (χ1) is 10.4. The summed E-state index contributed by atoms with van der Waals surface area (Å²) in [6.07, 6.45) is 0. The highest BCUT2D eigenvalue weighted by molar-refractivity contribution is 7.92. The van der Waals surface area contributed by atoms with Crippen LogP contribution in [0.2, 0.25) is 0 Å². The largest absolute Gasteiger partial charge is 0.502 e. The number of alkyl halides is 3. The second kappa shape index (κ2) is 8.63. The molecular formula is C15H23F4NO2S. The van der Waals surface area contributed by atoms with Gasteiger partial charge in [-0.05, 0) is 46.4 Å². The molecule has 23 heavy (non-hydrogen) atoms. The standard InChI is InChI=1S/C8H19N.C7H4F4O2S/c1-6-9(7(2)3)8(4)5;8-5-3-1-2-4-6(5)14(12,13)7(9,10)11/h7-8H,6H2,1-5H3;1-4H. The second-order valence-corrected chi connectivity index (χ2v) is 7.31. The van der Waals surface area contributed by atoms with Crippen LogP contribution in [0.15, 0.2) is 29.2 Å². The minimum absolute atomic E-state index is 0.568. The van der Waals surface area contributed by atoms with Gasteiger partial charge in [0, 0.05) is 12.1 Å². The van der Waals surface area contributed by atoms with Gasteiger partial charge in [-0.3, -0.25) is 4.90 Å². The number of halogens is 4. The summed E-state index contributed by atoms with van der Waals surface area (Å²) in [4.78, 5) is 1.10. The first kappa shape index (κ1) is 21.9.